The molecule has 1 aliphatic rings. The third-order valence-corrected chi connectivity index (χ3v) is 4.82. The molecule has 1 N–H and O–H groups in total. The van der Waals surface area contributed by atoms with Crippen LogP contribution in [0.15, 0.2) is 6.07 Å². The van der Waals surface area contributed by atoms with Crippen molar-refractivity contribution in [1.82, 2.24) is 9.78 Å². The van der Waals surface area contributed by atoms with Crippen LogP contribution in [0.5, 0.6) is 0 Å². The Labute approximate surface area is 117 Å². The average molecular weight is 264 g/mol. The fourth-order valence-corrected chi connectivity index (χ4v) is 3.30. The number of aliphatic hydroxyl groups excluding tert-OH is 1. The molecule has 1 saturated carbocycles. The van der Waals surface area contributed by atoms with Gasteiger partial charge < -0.3 is 5.11 Å². The van der Waals surface area contributed by atoms with E-state index in [0.29, 0.717) is 5.92 Å². The molecule has 1 aromatic rings. The molecule has 3 heteroatoms. The predicted octanol–water partition coefficient (Wildman–Crippen LogP) is 3.10. The first-order valence-corrected chi connectivity index (χ1v) is 7.83. The summed E-state index contributed by atoms with van der Waals surface area (Å²) < 4.78 is 1.93. The summed E-state index contributed by atoms with van der Waals surface area (Å²) in [5.41, 5.74) is 2.29. The van der Waals surface area contributed by atoms with Gasteiger partial charge in [-0.25, -0.2) is 0 Å². The molecule has 0 saturated heterocycles. The summed E-state index contributed by atoms with van der Waals surface area (Å²) in [6, 6.07) is 2.14. The smallest absolute Gasteiger partial charge is 0.0624 e. The van der Waals surface area contributed by atoms with Crippen molar-refractivity contribution < 1.29 is 5.11 Å². The summed E-state index contributed by atoms with van der Waals surface area (Å²) in [6.07, 6.45) is 7.79. The predicted molar refractivity (Wildman–Crippen MR) is 78.0 cm³/mol. The maximum Gasteiger partial charge on any atom is 0.0624 e. The van der Waals surface area contributed by atoms with Crippen LogP contribution in [0, 0.1) is 11.8 Å². The SMILES string of the molecule is CCc1cc(CC(O)C2CCC(CC)CC2)n(C)n1. The minimum absolute atomic E-state index is 0.196. The van der Waals surface area contributed by atoms with E-state index in [1.807, 2.05) is 11.7 Å². The van der Waals surface area contributed by atoms with Crippen molar-refractivity contribution in [2.45, 2.75) is 64.9 Å². The molecule has 1 aliphatic carbocycles. The van der Waals surface area contributed by atoms with E-state index in [0.717, 1.165) is 24.5 Å². The van der Waals surface area contributed by atoms with Gasteiger partial charge >= 0.3 is 0 Å². The minimum Gasteiger partial charge on any atom is -0.392 e. The van der Waals surface area contributed by atoms with Crippen molar-refractivity contribution in [2.24, 2.45) is 18.9 Å². The minimum atomic E-state index is -0.196. The Morgan fingerprint density at radius 1 is 1.32 bits per heavy atom. The molecule has 1 heterocycles. The first-order chi connectivity index (χ1) is 9.13. The maximum absolute atomic E-state index is 10.5. The van der Waals surface area contributed by atoms with Gasteiger partial charge in [0, 0.05) is 19.2 Å². The third kappa shape index (κ3) is 3.59. The van der Waals surface area contributed by atoms with Crippen molar-refractivity contribution in [3.05, 3.63) is 17.5 Å². The number of hydrogen-bond donors (Lipinski definition) is 1. The molecule has 3 nitrogen and oxygen atoms in total. The van der Waals surface area contributed by atoms with Crippen LogP contribution in [-0.2, 0) is 19.9 Å². The van der Waals surface area contributed by atoms with Crippen LogP contribution in [0.3, 0.4) is 0 Å². The van der Waals surface area contributed by atoms with Gasteiger partial charge in [-0.2, -0.15) is 5.10 Å². The average Bonchev–Trinajstić information content (AvgIpc) is 2.79. The lowest BCUT2D eigenvalue weighted by atomic mass is 9.77. The lowest BCUT2D eigenvalue weighted by Crippen LogP contribution is -2.28. The number of aryl methyl sites for hydroxylation is 2. The van der Waals surface area contributed by atoms with Crippen LogP contribution >= 0.6 is 0 Å². The van der Waals surface area contributed by atoms with Crippen LogP contribution in [-0.4, -0.2) is 21.0 Å². The van der Waals surface area contributed by atoms with Gasteiger partial charge in [0.15, 0.2) is 0 Å². The molecule has 19 heavy (non-hydrogen) atoms. The number of aromatic nitrogens is 2. The Bertz CT molecular complexity index is 391. The molecule has 1 fully saturated rings. The zero-order chi connectivity index (χ0) is 13.8. The maximum atomic E-state index is 10.5. The highest BCUT2D eigenvalue weighted by molar-refractivity contribution is 5.11. The molecule has 108 valence electrons. The molecule has 1 atom stereocenters. The normalized spacial score (nSPS) is 25.5. The van der Waals surface area contributed by atoms with E-state index in [-0.39, 0.29) is 6.10 Å². The molecule has 0 radical (unpaired) electrons. The summed E-state index contributed by atoms with van der Waals surface area (Å²) >= 11 is 0. The number of nitrogens with zero attached hydrogens (tertiary/aromatic N) is 2. The van der Waals surface area contributed by atoms with Crippen molar-refractivity contribution in [1.29, 1.82) is 0 Å². The second-order valence-electron chi connectivity index (χ2n) is 6.06. The van der Waals surface area contributed by atoms with E-state index < -0.39 is 0 Å². The Morgan fingerprint density at radius 3 is 2.53 bits per heavy atom. The van der Waals surface area contributed by atoms with Crippen molar-refractivity contribution in [3.8, 4) is 0 Å². The van der Waals surface area contributed by atoms with Gasteiger partial charge in [0.2, 0.25) is 0 Å². The monoisotopic (exact) mass is 264 g/mol. The van der Waals surface area contributed by atoms with E-state index in [4.69, 9.17) is 0 Å². The molecule has 0 aliphatic heterocycles. The van der Waals surface area contributed by atoms with Gasteiger partial charge in [0.25, 0.3) is 0 Å². The van der Waals surface area contributed by atoms with Crippen LogP contribution < -0.4 is 0 Å². The molecular weight excluding hydrogens is 236 g/mol. The molecule has 0 bridgehead atoms. The summed E-state index contributed by atoms with van der Waals surface area (Å²) in [5, 5.41) is 14.9. The highest BCUT2D eigenvalue weighted by Crippen LogP contribution is 2.33. The Balaban J connectivity index is 1.90. The summed E-state index contributed by atoms with van der Waals surface area (Å²) in [4.78, 5) is 0. The second-order valence-corrected chi connectivity index (χ2v) is 6.06. The number of hydrogen-bond acceptors (Lipinski definition) is 2. The van der Waals surface area contributed by atoms with Gasteiger partial charge in [-0.1, -0.05) is 33.1 Å². The Hall–Kier alpha value is -0.830. The van der Waals surface area contributed by atoms with Crippen molar-refractivity contribution >= 4 is 0 Å². The van der Waals surface area contributed by atoms with Crippen LogP contribution in [0.4, 0.5) is 0 Å². The van der Waals surface area contributed by atoms with Gasteiger partial charge in [-0.05, 0) is 37.2 Å². The summed E-state index contributed by atoms with van der Waals surface area (Å²) in [6.45, 7) is 4.40. The topological polar surface area (TPSA) is 38.0 Å². The van der Waals surface area contributed by atoms with E-state index in [2.05, 4.69) is 25.0 Å². The first kappa shape index (κ1) is 14.6. The van der Waals surface area contributed by atoms with Crippen LogP contribution in [0.2, 0.25) is 0 Å². The summed E-state index contributed by atoms with van der Waals surface area (Å²) in [5.74, 6) is 1.38. The highest BCUT2D eigenvalue weighted by Gasteiger charge is 2.26. The molecule has 0 amide bonds. The van der Waals surface area contributed by atoms with E-state index >= 15 is 0 Å². The zero-order valence-corrected chi connectivity index (χ0v) is 12.6. The number of rotatable bonds is 5. The molecular formula is C16H28N2O. The Morgan fingerprint density at radius 2 is 2.00 bits per heavy atom. The van der Waals surface area contributed by atoms with Gasteiger partial charge in [-0.15, -0.1) is 0 Å². The van der Waals surface area contributed by atoms with Gasteiger partial charge in [0.05, 0.1) is 11.8 Å². The second kappa shape index (κ2) is 6.56. The first-order valence-electron chi connectivity index (χ1n) is 7.83. The molecule has 1 aromatic heterocycles. The summed E-state index contributed by atoms with van der Waals surface area (Å²) in [7, 11) is 1.98. The fraction of sp³-hybridized carbons (Fsp3) is 0.812. The Kier molecular flexibility index (Phi) is 5.03. The fourth-order valence-electron chi connectivity index (χ4n) is 3.30. The van der Waals surface area contributed by atoms with E-state index in [1.165, 1.54) is 37.8 Å². The lowest BCUT2D eigenvalue weighted by Gasteiger charge is -2.31. The van der Waals surface area contributed by atoms with Crippen LogP contribution in [0.1, 0.15) is 57.3 Å². The van der Waals surface area contributed by atoms with Crippen molar-refractivity contribution in [2.75, 3.05) is 0 Å². The highest BCUT2D eigenvalue weighted by atomic mass is 16.3. The van der Waals surface area contributed by atoms with Crippen molar-refractivity contribution in [3.63, 3.8) is 0 Å². The molecule has 2 rings (SSSR count). The van der Waals surface area contributed by atoms with Crippen LogP contribution in [0.25, 0.3) is 0 Å². The number of aliphatic hydroxyl groups is 1. The van der Waals surface area contributed by atoms with E-state index in [9.17, 15) is 5.11 Å². The lowest BCUT2D eigenvalue weighted by molar-refractivity contribution is 0.0720. The standard InChI is InChI=1S/C16H28N2O/c1-4-12-6-8-13(9-7-12)16(19)11-15-10-14(5-2)17-18(15)3/h10,12-13,16,19H,4-9,11H2,1-3H3. The van der Waals surface area contributed by atoms with Gasteiger partial charge in [0.1, 0.15) is 0 Å². The van der Waals surface area contributed by atoms with E-state index in [1.54, 1.807) is 0 Å². The third-order valence-electron chi connectivity index (χ3n) is 4.82. The molecule has 0 spiro atoms. The molecule has 0 aromatic carbocycles. The van der Waals surface area contributed by atoms with Gasteiger partial charge in [-0.3, -0.25) is 4.68 Å². The molecule has 1 unspecified atom stereocenters. The zero-order valence-electron chi connectivity index (χ0n) is 12.6. The largest absolute Gasteiger partial charge is 0.392 e. The quantitative estimate of drug-likeness (QED) is 0.887.